The Bertz CT molecular complexity index is 819. The zero-order chi connectivity index (χ0) is 16.7. The third-order valence-corrected chi connectivity index (χ3v) is 3.58. The van der Waals surface area contributed by atoms with E-state index in [1.807, 2.05) is 0 Å². The number of carbonyl (C=O) groups is 1. The lowest BCUT2D eigenvalue weighted by Gasteiger charge is -2.28. The molecule has 1 N–H and O–H groups in total. The van der Waals surface area contributed by atoms with Crippen molar-refractivity contribution in [3.05, 3.63) is 72.0 Å². The Morgan fingerprint density at radius 2 is 1.57 bits per heavy atom. The number of aliphatic hydroxyl groups is 1. The summed E-state index contributed by atoms with van der Waals surface area (Å²) in [6.07, 6.45) is -5.19. The van der Waals surface area contributed by atoms with Gasteiger partial charge in [0.05, 0.1) is 0 Å². The second-order valence-electron chi connectivity index (χ2n) is 5.05. The fourth-order valence-electron chi connectivity index (χ4n) is 2.37. The molecule has 0 fully saturated rings. The summed E-state index contributed by atoms with van der Waals surface area (Å²) in [6, 6.07) is 13.8. The normalized spacial score (nSPS) is 14.6. The highest BCUT2D eigenvalue weighted by Gasteiger charge is 2.61. The molecule has 0 radical (unpaired) electrons. The van der Waals surface area contributed by atoms with E-state index in [0.717, 1.165) is 12.1 Å². The van der Waals surface area contributed by atoms with Crippen LogP contribution < -0.4 is 0 Å². The summed E-state index contributed by atoms with van der Waals surface area (Å²) < 4.78 is 45.6. The Morgan fingerprint density at radius 3 is 2.17 bits per heavy atom. The van der Waals surface area contributed by atoms with Gasteiger partial charge in [-0.05, 0) is 12.1 Å². The van der Waals surface area contributed by atoms with Gasteiger partial charge in [0.1, 0.15) is 5.58 Å². The van der Waals surface area contributed by atoms with Gasteiger partial charge in [-0.15, -0.1) is 0 Å². The molecular weight excluding hydrogens is 309 g/mol. The van der Waals surface area contributed by atoms with Crippen molar-refractivity contribution in [1.29, 1.82) is 0 Å². The van der Waals surface area contributed by atoms with Crippen molar-refractivity contribution in [3.63, 3.8) is 0 Å². The van der Waals surface area contributed by atoms with E-state index < -0.39 is 28.9 Å². The average molecular weight is 320 g/mol. The molecule has 1 atom stereocenters. The Balaban J connectivity index is 2.15. The molecule has 1 heterocycles. The smallest absolute Gasteiger partial charge is 0.429 e. The molecule has 3 aromatic rings. The Morgan fingerprint density at radius 1 is 0.957 bits per heavy atom. The van der Waals surface area contributed by atoms with E-state index in [1.54, 1.807) is 18.2 Å². The summed E-state index contributed by atoms with van der Waals surface area (Å²) >= 11 is 0. The number of furan rings is 1. The number of carbonyl (C=O) groups excluding carboxylic acids is 1. The minimum atomic E-state index is -5.19. The predicted molar refractivity (Wildman–Crippen MR) is 76.9 cm³/mol. The van der Waals surface area contributed by atoms with E-state index in [4.69, 9.17) is 4.42 Å². The third kappa shape index (κ3) is 2.41. The van der Waals surface area contributed by atoms with Crippen LogP contribution in [0.25, 0.3) is 11.0 Å². The van der Waals surface area contributed by atoms with Crippen molar-refractivity contribution in [3.8, 4) is 0 Å². The Kier molecular flexibility index (Phi) is 3.49. The summed E-state index contributed by atoms with van der Waals surface area (Å²) in [7, 11) is 0. The fraction of sp³-hybridized carbons (Fsp3) is 0.118. The lowest BCUT2D eigenvalue weighted by molar-refractivity contribution is -0.242. The topological polar surface area (TPSA) is 50.4 Å². The zero-order valence-corrected chi connectivity index (χ0v) is 11.7. The maximum Gasteiger partial charge on any atom is 0.429 e. The van der Waals surface area contributed by atoms with Crippen LogP contribution >= 0.6 is 0 Å². The van der Waals surface area contributed by atoms with Gasteiger partial charge in [0.25, 0.3) is 5.60 Å². The number of para-hydroxylation sites is 1. The molecule has 0 saturated heterocycles. The molecule has 1 unspecified atom stereocenters. The number of hydrogen-bond acceptors (Lipinski definition) is 3. The number of hydrogen-bond donors (Lipinski definition) is 1. The predicted octanol–water partition coefficient (Wildman–Crippen LogP) is 4.07. The molecule has 118 valence electrons. The van der Waals surface area contributed by atoms with Gasteiger partial charge in [-0.1, -0.05) is 48.5 Å². The van der Waals surface area contributed by atoms with Crippen molar-refractivity contribution < 1.29 is 27.5 Å². The summed E-state index contributed by atoms with van der Waals surface area (Å²) in [6.45, 7) is 0. The molecule has 2 aromatic carbocycles. The fourth-order valence-corrected chi connectivity index (χ4v) is 2.37. The molecule has 0 saturated carbocycles. The van der Waals surface area contributed by atoms with Crippen molar-refractivity contribution in [2.24, 2.45) is 0 Å². The lowest BCUT2D eigenvalue weighted by Crippen LogP contribution is -2.49. The number of alkyl halides is 3. The quantitative estimate of drug-likeness (QED) is 0.740. The monoisotopic (exact) mass is 320 g/mol. The molecule has 6 heteroatoms. The van der Waals surface area contributed by atoms with Crippen LogP contribution in [0.5, 0.6) is 0 Å². The summed E-state index contributed by atoms with van der Waals surface area (Å²) in [5.41, 5.74) is -3.95. The first-order valence-electron chi connectivity index (χ1n) is 6.72. The molecule has 0 aliphatic carbocycles. The number of benzene rings is 2. The second-order valence-corrected chi connectivity index (χ2v) is 5.05. The van der Waals surface area contributed by atoms with Gasteiger partial charge in [-0.2, -0.15) is 13.2 Å². The molecule has 3 nitrogen and oxygen atoms in total. The first-order chi connectivity index (χ1) is 10.8. The van der Waals surface area contributed by atoms with Crippen LogP contribution in [-0.2, 0) is 5.60 Å². The van der Waals surface area contributed by atoms with Crippen molar-refractivity contribution in [2.45, 2.75) is 11.8 Å². The van der Waals surface area contributed by atoms with Crippen LogP contribution in [-0.4, -0.2) is 17.1 Å². The van der Waals surface area contributed by atoms with Gasteiger partial charge in [0.15, 0.2) is 5.76 Å². The van der Waals surface area contributed by atoms with E-state index in [9.17, 15) is 23.1 Å². The molecule has 0 amide bonds. The number of rotatable bonds is 3. The third-order valence-electron chi connectivity index (χ3n) is 3.58. The molecule has 1 aromatic heterocycles. The molecular formula is C17H11F3O3. The van der Waals surface area contributed by atoms with Crippen LogP contribution in [0.3, 0.4) is 0 Å². The first kappa shape index (κ1) is 15.3. The summed E-state index contributed by atoms with van der Waals surface area (Å²) in [5.74, 6) is -2.10. The van der Waals surface area contributed by atoms with E-state index in [-0.39, 0.29) is 5.58 Å². The summed E-state index contributed by atoms with van der Waals surface area (Å²) in [4.78, 5) is 12.4. The molecule has 3 rings (SSSR count). The highest BCUT2D eigenvalue weighted by Crippen LogP contribution is 2.42. The largest absolute Gasteiger partial charge is 0.453 e. The van der Waals surface area contributed by atoms with E-state index >= 15 is 0 Å². The number of Topliss-reactive ketones (excluding diaryl/α,β-unsaturated/α-hetero) is 1. The zero-order valence-electron chi connectivity index (χ0n) is 11.7. The Labute approximate surface area is 129 Å². The minimum Gasteiger partial charge on any atom is -0.453 e. The van der Waals surface area contributed by atoms with Gasteiger partial charge in [-0.3, -0.25) is 4.79 Å². The lowest BCUT2D eigenvalue weighted by atomic mass is 9.87. The van der Waals surface area contributed by atoms with Gasteiger partial charge >= 0.3 is 6.18 Å². The molecule has 0 aliphatic rings. The number of fused-ring (bicyclic) bond motifs is 1. The summed E-state index contributed by atoms with van der Waals surface area (Å²) in [5, 5.41) is 10.7. The molecule has 23 heavy (non-hydrogen) atoms. The first-order valence-corrected chi connectivity index (χ1v) is 6.72. The highest BCUT2D eigenvalue weighted by molar-refractivity contribution is 6.04. The van der Waals surface area contributed by atoms with Gasteiger partial charge in [-0.25, -0.2) is 0 Å². The second kappa shape index (κ2) is 5.24. The number of halogens is 3. The van der Waals surface area contributed by atoms with E-state index in [1.165, 1.54) is 30.3 Å². The van der Waals surface area contributed by atoms with Crippen LogP contribution in [0.4, 0.5) is 13.2 Å². The maximum absolute atomic E-state index is 13.5. The van der Waals surface area contributed by atoms with Gasteiger partial charge in [0.2, 0.25) is 5.78 Å². The van der Waals surface area contributed by atoms with Crippen molar-refractivity contribution in [1.82, 2.24) is 0 Å². The standard InChI is InChI=1S/C17H11F3O3/c18-17(19,20)16(22,12-7-2-1-3-8-12)15(21)14-10-11-6-4-5-9-13(11)23-14/h1-10,22H. The van der Waals surface area contributed by atoms with Crippen LogP contribution in [0, 0.1) is 0 Å². The maximum atomic E-state index is 13.5. The Hall–Kier alpha value is -2.60. The van der Waals surface area contributed by atoms with Crippen molar-refractivity contribution >= 4 is 16.8 Å². The van der Waals surface area contributed by atoms with Gasteiger partial charge in [0, 0.05) is 10.9 Å². The van der Waals surface area contributed by atoms with Crippen LogP contribution in [0.2, 0.25) is 0 Å². The molecule has 0 spiro atoms. The molecule has 0 aliphatic heterocycles. The van der Waals surface area contributed by atoms with Crippen LogP contribution in [0.1, 0.15) is 16.1 Å². The van der Waals surface area contributed by atoms with Crippen molar-refractivity contribution in [2.75, 3.05) is 0 Å². The van der Waals surface area contributed by atoms with Crippen LogP contribution in [0.15, 0.2) is 65.1 Å². The van der Waals surface area contributed by atoms with E-state index in [0.29, 0.717) is 5.39 Å². The highest BCUT2D eigenvalue weighted by atomic mass is 19.4. The molecule has 0 bridgehead atoms. The van der Waals surface area contributed by atoms with E-state index in [2.05, 4.69) is 0 Å². The van der Waals surface area contributed by atoms with Gasteiger partial charge < -0.3 is 9.52 Å². The number of ketones is 1. The minimum absolute atomic E-state index is 0.272. The SMILES string of the molecule is O=C(c1cc2ccccc2o1)C(O)(c1ccccc1)C(F)(F)F. The average Bonchev–Trinajstić information content (AvgIpc) is 2.97.